The topological polar surface area (TPSA) is 66.5 Å². The third-order valence-electron chi connectivity index (χ3n) is 5.11. The molecule has 158 valence electrons. The van der Waals surface area contributed by atoms with Crippen LogP contribution in [0.3, 0.4) is 0 Å². The maximum atomic E-state index is 13.2. The number of benzene rings is 2. The molecular weight excluding hydrogens is 384 g/mol. The fourth-order valence-electron chi connectivity index (χ4n) is 3.71. The zero-order valence-electron chi connectivity index (χ0n) is 18.2. The van der Waals surface area contributed by atoms with Crippen molar-refractivity contribution in [2.45, 2.75) is 59.5 Å². The Morgan fingerprint density at radius 3 is 2.17 bits per heavy atom. The Morgan fingerprint density at radius 1 is 1.00 bits per heavy atom. The third-order valence-corrected chi connectivity index (χ3v) is 6.29. The smallest absolute Gasteiger partial charge is 0.244 e. The molecule has 2 unspecified atom stereocenters. The van der Waals surface area contributed by atoms with Gasteiger partial charge in [-0.25, -0.2) is 8.42 Å². The van der Waals surface area contributed by atoms with Gasteiger partial charge in [0.05, 0.1) is 18.0 Å². The van der Waals surface area contributed by atoms with Crippen LogP contribution in [0.4, 0.5) is 5.69 Å². The van der Waals surface area contributed by atoms with E-state index >= 15 is 0 Å². The molecule has 2 atom stereocenters. The summed E-state index contributed by atoms with van der Waals surface area (Å²) in [5.41, 5.74) is 4.79. The van der Waals surface area contributed by atoms with Crippen LogP contribution < -0.4 is 9.62 Å². The fraction of sp³-hybridized carbons (Fsp3) is 0.435. The first kappa shape index (κ1) is 22.9. The third kappa shape index (κ3) is 5.60. The maximum Gasteiger partial charge on any atom is 0.244 e. The minimum Gasteiger partial charge on any atom is -0.347 e. The zero-order valence-corrected chi connectivity index (χ0v) is 19.0. The summed E-state index contributed by atoms with van der Waals surface area (Å²) in [6.07, 6.45) is 2.23. The molecule has 0 saturated carbocycles. The second kappa shape index (κ2) is 9.44. The molecule has 5 nitrogen and oxygen atoms in total. The number of carbonyl (C=O) groups excluding carboxylic acids is 1. The molecule has 0 fully saturated rings. The number of hydrogen-bond donors (Lipinski definition) is 1. The molecule has 0 saturated heterocycles. The SMILES string of the molecule is CCC(NC(=O)C(CC)N(c1cccc(C)c1)S(C)(=O)=O)c1ccc(C)cc1C. The molecule has 0 aliphatic heterocycles. The summed E-state index contributed by atoms with van der Waals surface area (Å²) in [5, 5.41) is 3.09. The lowest BCUT2D eigenvalue weighted by Crippen LogP contribution is -2.50. The van der Waals surface area contributed by atoms with Gasteiger partial charge in [0.25, 0.3) is 0 Å². The molecule has 1 N–H and O–H groups in total. The van der Waals surface area contributed by atoms with Crippen LogP contribution in [0, 0.1) is 20.8 Å². The highest BCUT2D eigenvalue weighted by atomic mass is 32.2. The van der Waals surface area contributed by atoms with E-state index in [2.05, 4.69) is 11.4 Å². The average Bonchev–Trinajstić information content (AvgIpc) is 2.63. The molecule has 0 heterocycles. The van der Waals surface area contributed by atoms with Crippen molar-refractivity contribution in [3.63, 3.8) is 0 Å². The van der Waals surface area contributed by atoms with Crippen molar-refractivity contribution in [1.29, 1.82) is 0 Å². The molecule has 6 heteroatoms. The van der Waals surface area contributed by atoms with Crippen LogP contribution in [0.25, 0.3) is 0 Å². The molecule has 2 aromatic rings. The van der Waals surface area contributed by atoms with E-state index in [9.17, 15) is 13.2 Å². The van der Waals surface area contributed by atoms with Crippen LogP contribution in [0.2, 0.25) is 0 Å². The van der Waals surface area contributed by atoms with Crippen molar-refractivity contribution in [2.24, 2.45) is 0 Å². The van der Waals surface area contributed by atoms with Crippen molar-refractivity contribution < 1.29 is 13.2 Å². The summed E-state index contributed by atoms with van der Waals surface area (Å²) >= 11 is 0. The van der Waals surface area contributed by atoms with Crippen LogP contribution in [-0.4, -0.2) is 26.6 Å². The molecule has 0 aliphatic carbocycles. The van der Waals surface area contributed by atoms with E-state index in [1.54, 1.807) is 18.2 Å². The van der Waals surface area contributed by atoms with E-state index in [1.807, 2.05) is 52.8 Å². The minimum absolute atomic E-state index is 0.170. The number of nitrogens with zero attached hydrogens (tertiary/aromatic N) is 1. The van der Waals surface area contributed by atoms with Gasteiger partial charge in [0, 0.05) is 0 Å². The summed E-state index contributed by atoms with van der Waals surface area (Å²) < 4.78 is 26.5. The predicted molar refractivity (Wildman–Crippen MR) is 120 cm³/mol. The highest BCUT2D eigenvalue weighted by molar-refractivity contribution is 7.92. The van der Waals surface area contributed by atoms with Gasteiger partial charge in [-0.2, -0.15) is 0 Å². The van der Waals surface area contributed by atoms with Crippen molar-refractivity contribution in [2.75, 3.05) is 10.6 Å². The first-order chi connectivity index (χ1) is 13.6. The van der Waals surface area contributed by atoms with Gasteiger partial charge < -0.3 is 5.32 Å². The second-order valence-electron chi connectivity index (χ2n) is 7.65. The lowest BCUT2D eigenvalue weighted by Gasteiger charge is -2.32. The van der Waals surface area contributed by atoms with Crippen LogP contribution in [0.15, 0.2) is 42.5 Å². The first-order valence-electron chi connectivity index (χ1n) is 10.0. The molecule has 0 radical (unpaired) electrons. The number of nitrogens with one attached hydrogen (secondary N) is 1. The lowest BCUT2D eigenvalue weighted by molar-refractivity contribution is -0.123. The van der Waals surface area contributed by atoms with Crippen molar-refractivity contribution in [3.05, 3.63) is 64.7 Å². The van der Waals surface area contributed by atoms with Gasteiger partial charge in [0.2, 0.25) is 15.9 Å². The Morgan fingerprint density at radius 2 is 1.66 bits per heavy atom. The molecule has 1 amide bonds. The monoisotopic (exact) mass is 416 g/mol. The number of aryl methyl sites for hydroxylation is 3. The summed E-state index contributed by atoms with van der Waals surface area (Å²) in [6, 6.07) is 12.4. The van der Waals surface area contributed by atoms with E-state index in [1.165, 1.54) is 9.87 Å². The van der Waals surface area contributed by atoms with Crippen LogP contribution >= 0.6 is 0 Å². The molecule has 0 bridgehead atoms. The van der Waals surface area contributed by atoms with Gasteiger partial charge in [-0.15, -0.1) is 0 Å². The van der Waals surface area contributed by atoms with Crippen LogP contribution in [0.1, 0.15) is 55.0 Å². The van der Waals surface area contributed by atoms with E-state index in [-0.39, 0.29) is 11.9 Å². The van der Waals surface area contributed by atoms with Crippen LogP contribution in [-0.2, 0) is 14.8 Å². The lowest BCUT2D eigenvalue weighted by atomic mass is 9.97. The number of rotatable bonds is 8. The van der Waals surface area contributed by atoms with Gasteiger partial charge in [0.15, 0.2) is 0 Å². The Labute approximate surface area is 175 Å². The number of carbonyl (C=O) groups is 1. The molecule has 0 aliphatic rings. The summed E-state index contributed by atoms with van der Waals surface area (Å²) in [7, 11) is -3.64. The number of hydrogen-bond acceptors (Lipinski definition) is 3. The molecule has 0 aromatic heterocycles. The summed E-state index contributed by atoms with van der Waals surface area (Å²) in [5.74, 6) is -0.286. The van der Waals surface area contributed by atoms with E-state index in [0.29, 0.717) is 12.1 Å². The molecular formula is C23H32N2O3S. The maximum absolute atomic E-state index is 13.2. The van der Waals surface area contributed by atoms with Crippen molar-refractivity contribution in [3.8, 4) is 0 Å². The predicted octanol–water partition coefficient (Wildman–Crippen LogP) is 4.42. The number of amides is 1. The zero-order chi connectivity index (χ0) is 21.8. The van der Waals surface area contributed by atoms with Crippen LogP contribution in [0.5, 0.6) is 0 Å². The Hall–Kier alpha value is -2.34. The van der Waals surface area contributed by atoms with Gasteiger partial charge in [-0.05, 0) is 62.4 Å². The second-order valence-corrected chi connectivity index (χ2v) is 9.51. The Kier molecular flexibility index (Phi) is 7.47. The van der Waals surface area contributed by atoms with Crippen molar-refractivity contribution >= 4 is 21.6 Å². The van der Waals surface area contributed by atoms with E-state index in [0.717, 1.165) is 29.4 Å². The number of sulfonamides is 1. The number of anilines is 1. The largest absolute Gasteiger partial charge is 0.347 e. The summed E-state index contributed by atoms with van der Waals surface area (Å²) in [6.45, 7) is 9.81. The molecule has 2 rings (SSSR count). The van der Waals surface area contributed by atoms with Crippen molar-refractivity contribution in [1.82, 2.24) is 5.32 Å². The van der Waals surface area contributed by atoms with Gasteiger partial charge in [-0.3, -0.25) is 9.10 Å². The Balaban J connectivity index is 2.38. The summed E-state index contributed by atoms with van der Waals surface area (Å²) in [4.78, 5) is 13.2. The normalized spacial score (nSPS) is 13.6. The highest BCUT2D eigenvalue weighted by Crippen LogP contribution is 2.26. The standard InChI is InChI=1S/C23H32N2O3S/c1-7-21(20-13-12-17(4)14-18(20)5)24-23(26)22(8-2)25(29(6,27)28)19-11-9-10-16(3)15-19/h9-15,21-22H,7-8H2,1-6H3,(H,24,26). The molecule has 2 aromatic carbocycles. The van der Waals surface area contributed by atoms with Gasteiger partial charge in [0.1, 0.15) is 6.04 Å². The minimum atomic E-state index is -3.64. The fourth-order valence-corrected chi connectivity index (χ4v) is 4.91. The highest BCUT2D eigenvalue weighted by Gasteiger charge is 2.32. The van der Waals surface area contributed by atoms with Gasteiger partial charge in [-0.1, -0.05) is 49.7 Å². The first-order valence-corrected chi connectivity index (χ1v) is 11.9. The van der Waals surface area contributed by atoms with E-state index in [4.69, 9.17) is 0 Å². The quantitative estimate of drug-likeness (QED) is 0.692. The van der Waals surface area contributed by atoms with E-state index < -0.39 is 16.1 Å². The molecule has 29 heavy (non-hydrogen) atoms. The Bertz CT molecular complexity index is 970. The molecule has 0 spiro atoms. The average molecular weight is 417 g/mol. The van der Waals surface area contributed by atoms with Gasteiger partial charge >= 0.3 is 0 Å².